The minimum atomic E-state index is -1.07. The molecule has 3 atom stereocenters. The fourth-order valence-electron chi connectivity index (χ4n) is 5.44. The third-order valence-electron chi connectivity index (χ3n) is 7.32. The van der Waals surface area contributed by atoms with E-state index >= 15 is 0 Å². The number of carboxylic acid groups (broad SMARTS) is 1. The van der Waals surface area contributed by atoms with Gasteiger partial charge in [-0.15, -0.1) is 11.3 Å². The molecule has 0 aliphatic carbocycles. The Morgan fingerprint density at radius 1 is 1.32 bits per heavy atom. The second-order valence-electron chi connectivity index (χ2n) is 9.94. The minimum Gasteiger partial charge on any atom is -0.480 e. The van der Waals surface area contributed by atoms with E-state index in [0.717, 1.165) is 6.07 Å². The number of thiazole rings is 1. The zero-order valence-corrected chi connectivity index (χ0v) is 23.6. The molecular weight excluding hydrogens is 563 g/mol. The molecule has 2 amide bonds. The number of aliphatic carboxylic acids is 1. The summed E-state index contributed by atoms with van der Waals surface area (Å²) in [6.07, 6.45) is 1.61. The number of halogens is 2. The number of nitrogens with zero attached hydrogens (tertiary/aromatic N) is 5. The van der Waals surface area contributed by atoms with Crippen molar-refractivity contribution in [3.05, 3.63) is 62.5 Å². The average molecular weight is 591 g/mol. The number of methoxy groups -OCH3 is 1. The summed E-state index contributed by atoms with van der Waals surface area (Å²) in [7, 11) is 1.24. The van der Waals surface area contributed by atoms with E-state index in [2.05, 4.69) is 10.3 Å². The summed E-state index contributed by atoms with van der Waals surface area (Å²) in [5, 5.41) is 15.9. The zero-order chi connectivity index (χ0) is 28.7. The first kappa shape index (κ1) is 28.0. The van der Waals surface area contributed by atoms with Crippen molar-refractivity contribution in [1.29, 1.82) is 0 Å². The van der Waals surface area contributed by atoms with Gasteiger partial charge in [-0.1, -0.05) is 17.7 Å². The van der Waals surface area contributed by atoms with Gasteiger partial charge in [-0.3, -0.25) is 14.7 Å². The maximum Gasteiger partial charge on any atom is 0.338 e. The van der Waals surface area contributed by atoms with Crippen molar-refractivity contribution in [3.63, 3.8) is 0 Å². The first-order valence-corrected chi connectivity index (χ1v) is 13.9. The number of benzene rings is 1. The van der Waals surface area contributed by atoms with Crippen LogP contribution in [0.4, 0.5) is 9.18 Å². The van der Waals surface area contributed by atoms with Crippen LogP contribution in [0.3, 0.4) is 0 Å². The molecular formula is C26H28ClFN6O5S. The minimum absolute atomic E-state index is 0.0152. The molecule has 2 fully saturated rings. The number of amides is 2. The SMILES string of the molecule is COC(=O)C1=C(CN2CCN3C(=O)N(C(C)C)C[C@@H]3[C@H]2C(=O)O)NC(c2nccs2)=N[C@H]1c1ccc(F)cc1Cl. The van der Waals surface area contributed by atoms with Crippen LogP contribution in [-0.4, -0.2) is 100 Å². The largest absolute Gasteiger partial charge is 0.480 e. The number of ether oxygens (including phenoxy) is 1. The summed E-state index contributed by atoms with van der Waals surface area (Å²) < 4.78 is 19.0. The molecule has 0 spiro atoms. The number of aromatic nitrogens is 1. The predicted molar refractivity (Wildman–Crippen MR) is 146 cm³/mol. The highest BCUT2D eigenvalue weighted by molar-refractivity contribution is 7.11. The second-order valence-corrected chi connectivity index (χ2v) is 11.2. The van der Waals surface area contributed by atoms with Gasteiger partial charge in [0.15, 0.2) is 10.8 Å². The molecule has 40 heavy (non-hydrogen) atoms. The zero-order valence-electron chi connectivity index (χ0n) is 22.0. The maximum absolute atomic E-state index is 13.9. The summed E-state index contributed by atoms with van der Waals surface area (Å²) >= 11 is 7.74. The lowest BCUT2D eigenvalue weighted by molar-refractivity contribution is -0.147. The monoisotopic (exact) mass is 590 g/mol. The number of carbonyl (C=O) groups is 3. The number of hydrogen-bond acceptors (Lipinski definition) is 9. The predicted octanol–water partition coefficient (Wildman–Crippen LogP) is 2.74. The van der Waals surface area contributed by atoms with Crippen LogP contribution in [0, 0.1) is 5.82 Å². The Balaban J connectivity index is 1.57. The number of hydrogen-bond donors (Lipinski definition) is 2. The summed E-state index contributed by atoms with van der Waals surface area (Å²) in [4.78, 5) is 52.8. The molecule has 4 heterocycles. The number of carboxylic acids is 1. The van der Waals surface area contributed by atoms with Crippen molar-refractivity contribution in [3.8, 4) is 0 Å². The molecule has 0 saturated carbocycles. The Labute approximate surface area is 238 Å². The number of esters is 1. The average Bonchev–Trinajstić information content (AvgIpc) is 3.56. The van der Waals surface area contributed by atoms with Gasteiger partial charge in [0, 0.05) is 60.1 Å². The van der Waals surface area contributed by atoms with Crippen LogP contribution in [0.2, 0.25) is 5.02 Å². The molecule has 0 bridgehead atoms. The van der Waals surface area contributed by atoms with Gasteiger partial charge in [0.1, 0.15) is 17.9 Å². The van der Waals surface area contributed by atoms with E-state index in [-0.39, 0.29) is 42.3 Å². The van der Waals surface area contributed by atoms with Gasteiger partial charge in [-0.05, 0) is 26.0 Å². The lowest BCUT2D eigenvalue weighted by atomic mass is 9.94. The summed E-state index contributed by atoms with van der Waals surface area (Å²) in [5.74, 6) is -1.95. The highest BCUT2D eigenvalue weighted by Crippen LogP contribution is 2.37. The molecule has 1 aromatic carbocycles. The van der Waals surface area contributed by atoms with Gasteiger partial charge in [-0.25, -0.2) is 19.0 Å². The molecule has 5 rings (SSSR count). The normalized spacial score (nSPS) is 23.3. The Hall–Kier alpha value is -3.55. The summed E-state index contributed by atoms with van der Waals surface area (Å²) in [6.45, 7) is 4.67. The number of carbonyl (C=O) groups excluding carboxylic acids is 2. The Morgan fingerprint density at radius 2 is 2.10 bits per heavy atom. The molecule has 1 aromatic heterocycles. The smallest absolute Gasteiger partial charge is 0.338 e. The molecule has 11 nitrogen and oxygen atoms in total. The molecule has 0 unspecified atom stereocenters. The molecule has 3 aliphatic heterocycles. The molecule has 0 radical (unpaired) electrons. The van der Waals surface area contributed by atoms with E-state index in [1.165, 1.54) is 30.6 Å². The lowest BCUT2D eigenvalue weighted by Gasteiger charge is -2.42. The number of piperazine rings is 1. The van der Waals surface area contributed by atoms with E-state index in [1.807, 2.05) is 13.8 Å². The van der Waals surface area contributed by atoms with Crippen molar-refractivity contribution >= 4 is 46.7 Å². The quantitative estimate of drug-likeness (QED) is 0.471. The first-order valence-electron chi connectivity index (χ1n) is 12.7. The van der Waals surface area contributed by atoms with Crippen LogP contribution in [0.25, 0.3) is 0 Å². The van der Waals surface area contributed by atoms with Gasteiger partial charge in [0.05, 0.1) is 18.7 Å². The van der Waals surface area contributed by atoms with Gasteiger partial charge in [0.2, 0.25) is 0 Å². The lowest BCUT2D eigenvalue weighted by Crippen LogP contribution is -2.62. The Kier molecular flexibility index (Phi) is 7.80. The van der Waals surface area contributed by atoms with Crippen molar-refractivity contribution in [1.82, 2.24) is 25.0 Å². The molecule has 2 aromatic rings. The third-order valence-corrected chi connectivity index (χ3v) is 8.43. The van der Waals surface area contributed by atoms with E-state index < -0.39 is 35.9 Å². The van der Waals surface area contributed by atoms with Crippen LogP contribution < -0.4 is 5.32 Å². The second kappa shape index (κ2) is 11.1. The van der Waals surface area contributed by atoms with Gasteiger partial charge in [0.25, 0.3) is 0 Å². The van der Waals surface area contributed by atoms with Crippen molar-refractivity contribution in [2.45, 2.75) is 38.0 Å². The Morgan fingerprint density at radius 3 is 2.73 bits per heavy atom. The topological polar surface area (TPSA) is 128 Å². The highest BCUT2D eigenvalue weighted by Gasteiger charge is 2.50. The number of amidine groups is 1. The van der Waals surface area contributed by atoms with Crippen molar-refractivity contribution < 1.29 is 28.6 Å². The van der Waals surface area contributed by atoms with Crippen LogP contribution in [0.5, 0.6) is 0 Å². The van der Waals surface area contributed by atoms with Crippen molar-refractivity contribution in [2.75, 3.05) is 33.3 Å². The first-order chi connectivity index (χ1) is 19.1. The summed E-state index contributed by atoms with van der Waals surface area (Å²) in [6, 6.07) is 1.02. The highest BCUT2D eigenvalue weighted by atomic mass is 35.5. The van der Waals surface area contributed by atoms with E-state index in [0.29, 0.717) is 28.6 Å². The maximum atomic E-state index is 13.9. The van der Waals surface area contributed by atoms with Crippen LogP contribution in [-0.2, 0) is 14.3 Å². The number of rotatable bonds is 7. The van der Waals surface area contributed by atoms with Crippen LogP contribution in [0.15, 0.2) is 46.0 Å². The number of aliphatic imine (C=N–C) groups is 1. The molecule has 2 saturated heterocycles. The van der Waals surface area contributed by atoms with Crippen molar-refractivity contribution in [2.24, 2.45) is 4.99 Å². The van der Waals surface area contributed by atoms with Gasteiger partial charge >= 0.3 is 18.0 Å². The molecule has 14 heteroatoms. The summed E-state index contributed by atoms with van der Waals surface area (Å²) in [5.41, 5.74) is 0.862. The number of nitrogens with one attached hydrogen (secondary N) is 1. The standard InChI is InChI=1S/C26H28ClFN6O5S/c1-13(2)34-12-18-21(24(35)36)32(7-8-33(18)26(34)38)11-17-19(25(37)39-3)20(15-5-4-14(28)10-16(15)27)31-22(30-17)23-29-6-9-40-23/h4-6,9-10,13,18,20-21H,7-8,11-12H2,1-3H3,(H,30,31)(H,35,36)/t18-,20+,21+/m1/s1. The van der Waals surface area contributed by atoms with Crippen LogP contribution in [0.1, 0.15) is 30.5 Å². The number of urea groups is 1. The fourth-order valence-corrected chi connectivity index (χ4v) is 6.29. The number of fused-ring (bicyclic) bond motifs is 1. The molecule has 2 N–H and O–H groups in total. The van der Waals surface area contributed by atoms with Crippen LogP contribution >= 0.6 is 22.9 Å². The van der Waals surface area contributed by atoms with E-state index in [9.17, 15) is 23.9 Å². The fraction of sp³-hybridized carbons (Fsp3) is 0.423. The third kappa shape index (κ3) is 5.04. The molecule has 212 valence electrons. The molecule has 3 aliphatic rings. The van der Waals surface area contributed by atoms with Gasteiger partial charge in [-0.2, -0.15) is 0 Å². The van der Waals surface area contributed by atoms with E-state index in [4.69, 9.17) is 21.3 Å². The van der Waals surface area contributed by atoms with Gasteiger partial charge < -0.3 is 25.0 Å². The van der Waals surface area contributed by atoms with E-state index in [1.54, 1.807) is 26.3 Å². The Bertz CT molecular complexity index is 1400.